The molecule has 1 aliphatic heterocycles. The van der Waals surface area contributed by atoms with Gasteiger partial charge in [-0.3, -0.25) is 18.7 Å². The van der Waals surface area contributed by atoms with Gasteiger partial charge < -0.3 is 10.6 Å². The van der Waals surface area contributed by atoms with Crippen LogP contribution in [0.5, 0.6) is 0 Å². The topological polar surface area (TPSA) is 114 Å². The fourth-order valence-corrected chi connectivity index (χ4v) is 2.93. The zero-order chi connectivity index (χ0) is 16.4. The summed E-state index contributed by atoms with van der Waals surface area (Å²) in [5.74, 6) is 0.244. The standard InChI is InChI=1S/C14H19N5O3/c1-17-12(10(8-15)13(21)18(2)14(17)22)19-5-3-9(4-6-19)7-11(16)20/h9H,3-7H2,1-2H3,(H2,16,20). The first kappa shape index (κ1) is 15.8. The highest BCUT2D eigenvalue weighted by Gasteiger charge is 2.26. The average molecular weight is 305 g/mol. The first-order chi connectivity index (χ1) is 10.4. The van der Waals surface area contributed by atoms with Gasteiger partial charge in [-0.05, 0) is 18.8 Å². The van der Waals surface area contributed by atoms with Crippen LogP contribution in [-0.2, 0) is 18.9 Å². The van der Waals surface area contributed by atoms with Crippen molar-refractivity contribution in [2.24, 2.45) is 25.7 Å². The maximum Gasteiger partial charge on any atom is 0.332 e. The predicted molar refractivity (Wildman–Crippen MR) is 80.4 cm³/mol. The van der Waals surface area contributed by atoms with E-state index in [2.05, 4.69) is 0 Å². The van der Waals surface area contributed by atoms with E-state index in [1.54, 1.807) is 7.05 Å². The molecule has 0 aromatic carbocycles. The summed E-state index contributed by atoms with van der Waals surface area (Å²) >= 11 is 0. The minimum atomic E-state index is -0.583. The number of primary amides is 1. The van der Waals surface area contributed by atoms with Crippen molar-refractivity contribution >= 4 is 11.7 Å². The van der Waals surface area contributed by atoms with Gasteiger partial charge in [0.2, 0.25) is 5.91 Å². The number of rotatable bonds is 3. The van der Waals surface area contributed by atoms with E-state index in [-0.39, 0.29) is 17.4 Å². The summed E-state index contributed by atoms with van der Waals surface area (Å²) in [7, 11) is 2.90. The van der Waals surface area contributed by atoms with Gasteiger partial charge in [0.1, 0.15) is 11.9 Å². The van der Waals surface area contributed by atoms with Crippen LogP contribution in [-0.4, -0.2) is 28.1 Å². The molecule has 8 heteroatoms. The molecule has 0 aliphatic carbocycles. The highest BCUT2D eigenvalue weighted by Crippen LogP contribution is 2.25. The molecule has 118 valence electrons. The summed E-state index contributed by atoms with van der Waals surface area (Å²) < 4.78 is 2.26. The van der Waals surface area contributed by atoms with Crippen molar-refractivity contribution in [3.05, 3.63) is 26.4 Å². The molecule has 0 saturated carbocycles. The van der Waals surface area contributed by atoms with Gasteiger partial charge >= 0.3 is 5.69 Å². The summed E-state index contributed by atoms with van der Waals surface area (Å²) in [4.78, 5) is 37.0. The lowest BCUT2D eigenvalue weighted by Crippen LogP contribution is -2.45. The van der Waals surface area contributed by atoms with E-state index in [0.29, 0.717) is 25.3 Å². The van der Waals surface area contributed by atoms with Crippen molar-refractivity contribution in [1.82, 2.24) is 9.13 Å². The third-order valence-electron chi connectivity index (χ3n) is 4.15. The second-order valence-electron chi connectivity index (χ2n) is 5.62. The first-order valence-corrected chi connectivity index (χ1v) is 7.10. The van der Waals surface area contributed by atoms with Crippen LogP contribution in [0.1, 0.15) is 24.8 Å². The molecule has 2 N–H and O–H groups in total. The number of anilines is 1. The Morgan fingerprint density at radius 3 is 2.36 bits per heavy atom. The molecule has 8 nitrogen and oxygen atoms in total. The number of hydrogen-bond acceptors (Lipinski definition) is 5. The maximum absolute atomic E-state index is 12.1. The summed E-state index contributed by atoms with van der Waals surface area (Å²) in [6, 6.07) is 1.90. The Hall–Kier alpha value is -2.56. The minimum Gasteiger partial charge on any atom is -0.370 e. The zero-order valence-corrected chi connectivity index (χ0v) is 12.7. The number of nitrogens with zero attached hydrogens (tertiary/aromatic N) is 4. The fourth-order valence-electron chi connectivity index (χ4n) is 2.93. The number of aromatic nitrogens is 2. The van der Waals surface area contributed by atoms with E-state index in [4.69, 9.17) is 5.73 Å². The Kier molecular flexibility index (Phi) is 4.35. The zero-order valence-electron chi connectivity index (χ0n) is 12.7. The number of piperidine rings is 1. The highest BCUT2D eigenvalue weighted by atomic mass is 16.2. The molecule has 1 amide bonds. The molecule has 1 aromatic heterocycles. The average Bonchev–Trinajstić information content (AvgIpc) is 2.49. The third kappa shape index (κ3) is 2.74. The molecule has 1 aliphatic rings. The number of nitriles is 1. The monoisotopic (exact) mass is 305 g/mol. The molecule has 1 saturated heterocycles. The molecule has 1 aromatic rings. The van der Waals surface area contributed by atoms with Crippen LogP contribution >= 0.6 is 0 Å². The largest absolute Gasteiger partial charge is 0.370 e. The van der Waals surface area contributed by atoms with Gasteiger partial charge in [-0.15, -0.1) is 0 Å². The Morgan fingerprint density at radius 2 is 1.86 bits per heavy atom. The van der Waals surface area contributed by atoms with Crippen molar-refractivity contribution in [2.75, 3.05) is 18.0 Å². The van der Waals surface area contributed by atoms with E-state index in [1.807, 2.05) is 11.0 Å². The number of hydrogen-bond donors (Lipinski definition) is 1. The molecule has 1 fully saturated rings. The van der Waals surface area contributed by atoms with Crippen LogP contribution in [0.15, 0.2) is 9.59 Å². The summed E-state index contributed by atoms with van der Waals surface area (Å²) in [5, 5.41) is 9.27. The SMILES string of the molecule is Cn1c(N2CCC(CC(N)=O)CC2)c(C#N)c(=O)n(C)c1=O. The fraction of sp³-hybridized carbons (Fsp3) is 0.571. The van der Waals surface area contributed by atoms with Crippen molar-refractivity contribution in [1.29, 1.82) is 5.26 Å². The van der Waals surface area contributed by atoms with Gasteiger partial charge in [-0.25, -0.2) is 4.79 Å². The number of carbonyl (C=O) groups is 1. The minimum absolute atomic E-state index is 0.0297. The van der Waals surface area contributed by atoms with E-state index in [9.17, 15) is 19.6 Å². The molecule has 22 heavy (non-hydrogen) atoms. The molecule has 2 heterocycles. The molecule has 0 radical (unpaired) electrons. The van der Waals surface area contributed by atoms with Crippen molar-refractivity contribution in [3.63, 3.8) is 0 Å². The quantitative estimate of drug-likeness (QED) is 0.773. The van der Waals surface area contributed by atoms with Crippen molar-refractivity contribution < 1.29 is 4.79 Å². The van der Waals surface area contributed by atoms with E-state index in [0.717, 1.165) is 17.4 Å². The Balaban J connectivity index is 2.36. The van der Waals surface area contributed by atoms with E-state index >= 15 is 0 Å². The number of amides is 1. The normalized spacial score (nSPS) is 15.6. The van der Waals surface area contributed by atoms with Gasteiger partial charge in [0.15, 0.2) is 5.56 Å². The van der Waals surface area contributed by atoms with Crippen LogP contribution in [0.25, 0.3) is 0 Å². The third-order valence-corrected chi connectivity index (χ3v) is 4.15. The highest BCUT2D eigenvalue weighted by molar-refractivity contribution is 5.74. The van der Waals surface area contributed by atoms with Crippen molar-refractivity contribution in [2.45, 2.75) is 19.3 Å². The van der Waals surface area contributed by atoms with Gasteiger partial charge in [0.05, 0.1) is 0 Å². The molecule has 0 bridgehead atoms. The van der Waals surface area contributed by atoms with Crippen molar-refractivity contribution in [3.8, 4) is 6.07 Å². The molecule has 0 atom stereocenters. The van der Waals surface area contributed by atoms with Crippen LogP contribution in [0.3, 0.4) is 0 Å². The second kappa shape index (κ2) is 6.05. The lowest BCUT2D eigenvalue weighted by Gasteiger charge is -2.34. The first-order valence-electron chi connectivity index (χ1n) is 7.10. The van der Waals surface area contributed by atoms with Gasteiger partial charge in [0.25, 0.3) is 5.56 Å². The second-order valence-corrected chi connectivity index (χ2v) is 5.62. The lowest BCUT2D eigenvalue weighted by molar-refractivity contribution is -0.119. The van der Waals surface area contributed by atoms with Gasteiger partial charge in [0, 0.05) is 33.6 Å². The summed E-state index contributed by atoms with van der Waals surface area (Å²) in [6.45, 7) is 1.15. The molecule has 0 spiro atoms. The Labute approximate surface area is 127 Å². The van der Waals surface area contributed by atoms with Gasteiger partial charge in [-0.2, -0.15) is 5.26 Å². The Bertz CT molecular complexity index is 747. The predicted octanol–water partition coefficient (Wildman–Crippen LogP) is -0.953. The Morgan fingerprint density at radius 1 is 1.27 bits per heavy atom. The molecule has 2 rings (SSSR count). The van der Waals surface area contributed by atoms with Gasteiger partial charge in [-0.1, -0.05) is 0 Å². The van der Waals surface area contributed by atoms with Crippen LogP contribution < -0.4 is 21.9 Å². The molecule has 0 unspecified atom stereocenters. The smallest absolute Gasteiger partial charge is 0.332 e. The van der Waals surface area contributed by atoms with Crippen LogP contribution in [0.4, 0.5) is 5.82 Å². The molecular formula is C14H19N5O3. The van der Waals surface area contributed by atoms with Crippen LogP contribution in [0.2, 0.25) is 0 Å². The molecular weight excluding hydrogens is 286 g/mol. The van der Waals surface area contributed by atoms with Crippen LogP contribution in [0, 0.1) is 17.2 Å². The summed E-state index contributed by atoms with van der Waals surface area (Å²) in [6.07, 6.45) is 1.81. The van der Waals surface area contributed by atoms with E-state index in [1.165, 1.54) is 11.6 Å². The number of nitrogens with two attached hydrogens (primary N) is 1. The van der Waals surface area contributed by atoms with E-state index < -0.39 is 11.2 Å². The lowest BCUT2D eigenvalue weighted by atomic mass is 9.93. The maximum atomic E-state index is 12.1. The number of carbonyl (C=O) groups excluding carboxylic acids is 1. The summed E-state index contributed by atoms with van der Waals surface area (Å²) in [5.41, 5.74) is 4.14.